The van der Waals surface area contributed by atoms with Crippen molar-refractivity contribution in [2.24, 2.45) is 0 Å². The van der Waals surface area contributed by atoms with Crippen molar-refractivity contribution in [3.63, 3.8) is 0 Å². The van der Waals surface area contributed by atoms with E-state index in [0.29, 0.717) is 16.3 Å². The molecule has 3 aromatic carbocycles. The molecule has 1 aliphatic heterocycles. The zero-order chi connectivity index (χ0) is 23.5. The van der Waals surface area contributed by atoms with Crippen LogP contribution in [0.5, 0.6) is 5.75 Å². The Hall–Kier alpha value is -3.46. The number of benzene rings is 3. The molecule has 8 nitrogen and oxygen atoms in total. The molecule has 4 aromatic rings. The summed E-state index contributed by atoms with van der Waals surface area (Å²) in [4.78, 5) is 20.5. The predicted octanol–water partition coefficient (Wildman–Crippen LogP) is 0.0472. The lowest BCUT2D eigenvalue weighted by Gasteiger charge is -2.35. The van der Waals surface area contributed by atoms with Gasteiger partial charge in [0.15, 0.2) is 5.69 Å². The van der Waals surface area contributed by atoms with Gasteiger partial charge >= 0.3 is 11.7 Å². The highest BCUT2D eigenvalue weighted by Gasteiger charge is 2.30. The van der Waals surface area contributed by atoms with Gasteiger partial charge in [-0.05, 0) is 58.4 Å². The van der Waals surface area contributed by atoms with Crippen LogP contribution < -0.4 is 22.1 Å². The van der Waals surface area contributed by atoms with E-state index in [4.69, 9.17) is 11.6 Å². The number of tetrazole rings is 1. The van der Waals surface area contributed by atoms with Crippen LogP contribution in [0.3, 0.4) is 0 Å². The van der Waals surface area contributed by atoms with E-state index >= 15 is 0 Å². The lowest BCUT2D eigenvalue weighted by atomic mass is 10.2. The summed E-state index contributed by atoms with van der Waals surface area (Å²) in [5, 5.41) is 19.8. The molecule has 35 heavy (non-hydrogen) atoms. The van der Waals surface area contributed by atoms with E-state index in [-0.39, 0.29) is 36.4 Å². The molecule has 0 saturated carbocycles. The molecular weight excluding hydrogens is 487 g/mol. The lowest BCUT2D eigenvalue weighted by Crippen LogP contribution is -3.00. The van der Waals surface area contributed by atoms with Gasteiger partial charge in [-0.25, -0.2) is 0 Å². The zero-order valence-electron chi connectivity index (χ0n) is 18.8. The molecule has 180 valence electrons. The summed E-state index contributed by atoms with van der Waals surface area (Å²) in [6, 6.07) is 24.1. The van der Waals surface area contributed by atoms with Gasteiger partial charge in [-0.15, -0.1) is 0 Å². The van der Waals surface area contributed by atoms with Crippen molar-refractivity contribution in [3.05, 3.63) is 83.9 Å². The van der Waals surface area contributed by atoms with Crippen molar-refractivity contribution in [2.75, 3.05) is 37.6 Å². The van der Waals surface area contributed by atoms with Crippen molar-refractivity contribution in [2.45, 2.75) is 0 Å². The minimum Gasteiger partial charge on any atom is -1.00 e. The Morgan fingerprint density at radius 3 is 2.26 bits per heavy atom. The molecule has 0 atom stereocenters. The number of hydrogen-bond acceptors (Lipinski definition) is 6. The van der Waals surface area contributed by atoms with E-state index in [9.17, 15) is 9.90 Å². The highest BCUT2D eigenvalue weighted by molar-refractivity contribution is 6.30. The van der Waals surface area contributed by atoms with Crippen LogP contribution in [0.25, 0.3) is 17.1 Å². The molecule has 1 saturated heterocycles. The Bertz CT molecular complexity index is 1290. The van der Waals surface area contributed by atoms with Gasteiger partial charge in [0.25, 0.3) is 0 Å². The van der Waals surface area contributed by atoms with Gasteiger partial charge in [0.05, 0.1) is 22.0 Å². The maximum atomic E-state index is 13.4. The highest BCUT2D eigenvalue weighted by atomic mass is 35.5. The van der Waals surface area contributed by atoms with Gasteiger partial charge in [0, 0.05) is 36.9 Å². The summed E-state index contributed by atoms with van der Waals surface area (Å²) < 4.78 is 0. The fourth-order valence-corrected chi connectivity index (χ4v) is 4.14. The molecular formula is C25H24Cl2N6O2. The third-order valence-electron chi connectivity index (χ3n) is 5.84. The summed E-state index contributed by atoms with van der Waals surface area (Å²) in [6.45, 7) is 3.43. The van der Waals surface area contributed by atoms with Crippen molar-refractivity contribution in [1.29, 1.82) is 0 Å². The van der Waals surface area contributed by atoms with Crippen molar-refractivity contribution < 1.29 is 27.1 Å². The summed E-state index contributed by atoms with van der Waals surface area (Å²) in [7, 11) is 0. The summed E-state index contributed by atoms with van der Waals surface area (Å²) in [6.07, 6.45) is 0. The van der Waals surface area contributed by atoms with Crippen LogP contribution in [0.4, 0.5) is 5.69 Å². The number of aromatic nitrogens is 4. The first-order valence-electron chi connectivity index (χ1n) is 11.1. The number of carbonyl (C=O) groups is 1. The van der Waals surface area contributed by atoms with Crippen LogP contribution in [0.2, 0.25) is 5.02 Å². The van der Waals surface area contributed by atoms with Gasteiger partial charge in [-0.2, -0.15) is 0 Å². The maximum absolute atomic E-state index is 13.4. The number of phenolic OH excluding ortho intramolecular Hbond substituents is 1. The Kier molecular flexibility index (Phi) is 7.65. The Labute approximate surface area is 214 Å². The second kappa shape index (κ2) is 10.9. The summed E-state index contributed by atoms with van der Waals surface area (Å²) in [5.41, 5.74) is 2.28. The first kappa shape index (κ1) is 24.7. The fourth-order valence-electron chi connectivity index (χ4n) is 4.02. The molecule has 1 aliphatic rings. The first-order chi connectivity index (χ1) is 16.6. The molecule has 0 amide bonds. The number of piperazine rings is 1. The van der Waals surface area contributed by atoms with Crippen LogP contribution in [-0.4, -0.2) is 63.6 Å². The van der Waals surface area contributed by atoms with Gasteiger partial charge < -0.3 is 22.4 Å². The number of aromatic hydroxyl groups is 1. The number of anilines is 1. The third-order valence-corrected chi connectivity index (χ3v) is 6.09. The number of phenols is 1. The molecule has 0 spiro atoms. The van der Waals surface area contributed by atoms with Crippen molar-refractivity contribution in [1.82, 2.24) is 19.9 Å². The monoisotopic (exact) mass is 510 g/mol. The topological polar surface area (TPSA) is 78.4 Å². The maximum Gasteiger partial charge on any atom is 0.343 e. The van der Waals surface area contributed by atoms with Crippen LogP contribution in [0.15, 0.2) is 78.9 Å². The van der Waals surface area contributed by atoms with Crippen LogP contribution in [0, 0.1) is 0 Å². The molecule has 10 heteroatoms. The number of para-hydroxylation sites is 2. The normalized spacial score (nSPS) is 13.9. The predicted molar refractivity (Wildman–Crippen MR) is 129 cm³/mol. The minimum atomic E-state index is -0.211. The summed E-state index contributed by atoms with van der Waals surface area (Å²) in [5.74, 6) is 0.0972. The minimum absolute atomic E-state index is 0. The average molecular weight is 511 g/mol. The standard InChI is InChI=1S/C25H23ClN6O2.ClH/c26-19-10-12-21(13-11-19)31-27-25(22-8-4-5-9-23(22)33)28-32(31)24(34)18-29-14-16-30(17-15-29)20-6-2-1-3-7-20;/h1-13H,14-18H2;1H. The quantitative estimate of drug-likeness (QED) is 0.382. The molecule has 1 aromatic heterocycles. The van der Waals surface area contributed by atoms with Gasteiger partial charge in [-0.3, -0.25) is 9.69 Å². The second-order valence-corrected chi connectivity index (χ2v) is 8.52. The van der Waals surface area contributed by atoms with E-state index in [1.807, 2.05) is 18.2 Å². The lowest BCUT2D eigenvalue weighted by molar-refractivity contribution is -0.732. The third kappa shape index (κ3) is 5.45. The SMILES string of the molecule is O=C(CN1CCN(c2ccccc2)CC1)n1nc(-c2ccccc2O)n[n+]1-c1ccc(Cl)cc1.[Cl-]. The molecule has 0 bridgehead atoms. The highest BCUT2D eigenvalue weighted by Crippen LogP contribution is 2.25. The molecule has 0 unspecified atom stereocenters. The number of rotatable bonds is 5. The fraction of sp³-hybridized carbons (Fsp3) is 0.200. The van der Waals surface area contributed by atoms with Crippen molar-refractivity contribution >= 4 is 23.2 Å². The molecule has 5 rings (SSSR count). The van der Waals surface area contributed by atoms with Crippen LogP contribution in [-0.2, 0) is 0 Å². The number of carbonyl (C=O) groups excluding carboxylic acids is 1. The van der Waals surface area contributed by atoms with Gasteiger partial charge in [0.2, 0.25) is 0 Å². The number of hydrogen-bond donors (Lipinski definition) is 1. The zero-order valence-corrected chi connectivity index (χ0v) is 20.3. The van der Waals surface area contributed by atoms with Gasteiger partial charge in [0.1, 0.15) is 5.75 Å². The van der Waals surface area contributed by atoms with E-state index in [2.05, 4.69) is 32.1 Å². The second-order valence-electron chi connectivity index (χ2n) is 8.09. The van der Waals surface area contributed by atoms with Crippen LogP contribution >= 0.6 is 11.6 Å². The number of halogens is 2. The molecule has 2 heterocycles. The van der Waals surface area contributed by atoms with E-state index in [1.165, 1.54) is 15.3 Å². The summed E-state index contributed by atoms with van der Waals surface area (Å²) >= 11 is 6.05. The number of nitrogens with zero attached hydrogens (tertiary/aromatic N) is 6. The van der Waals surface area contributed by atoms with Crippen molar-refractivity contribution in [3.8, 4) is 22.8 Å². The first-order valence-corrected chi connectivity index (χ1v) is 11.5. The largest absolute Gasteiger partial charge is 1.00 e. The van der Waals surface area contributed by atoms with E-state index in [1.54, 1.807) is 48.5 Å². The molecule has 0 radical (unpaired) electrons. The Balaban J connectivity index is 0.00000289. The van der Waals surface area contributed by atoms with E-state index in [0.717, 1.165) is 26.2 Å². The van der Waals surface area contributed by atoms with E-state index < -0.39 is 0 Å². The van der Waals surface area contributed by atoms with Crippen LogP contribution in [0.1, 0.15) is 4.79 Å². The molecule has 1 fully saturated rings. The van der Waals surface area contributed by atoms with Gasteiger partial charge in [-0.1, -0.05) is 41.9 Å². The smallest absolute Gasteiger partial charge is 0.343 e. The molecule has 0 aliphatic carbocycles. The Morgan fingerprint density at radius 1 is 0.914 bits per heavy atom. The average Bonchev–Trinajstić information content (AvgIpc) is 3.31. The molecule has 1 N–H and O–H groups in total. The Morgan fingerprint density at radius 2 is 1.57 bits per heavy atom.